The van der Waals surface area contributed by atoms with Crippen molar-refractivity contribution < 1.29 is 40.1 Å². The van der Waals surface area contributed by atoms with Crippen molar-refractivity contribution in [1.82, 2.24) is 15.0 Å². The summed E-state index contributed by atoms with van der Waals surface area (Å²) in [7, 11) is 0. The summed E-state index contributed by atoms with van der Waals surface area (Å²) in [5.74, 6) is 1.77. The summed E-state index contributed by atoms with van der Waals surface area (Å²) in [4.78, 5) is 19.3. The van der Waals surface area contributed by atoms with Crippen LogP contribution in [0.25, 0.3) is 0 Å². The minimum atomic E-state index is -0.765. The Balaban J connectivity index is 2.12. The van der Waals surface area contributed by atoms with E-state index in [1.165, 1.54) is 0 Å². The van der Waals surface area contributed by atoms with Gasteiger partial charge in [-0.1, -0.05) is 36.4 Å². The molecule has 0 aliphatic rings. The molecule has 0 bridgehead atoms. The molecule has 1 unspecified atom stereocenters. The lowest BCUT2D eigenvalue weighted by Crippen LogP contribution is -2.36. The first-order valence-corrected chi connectivity index (χ1v) is 14.6. The summed E-state index contributed by atoms with van der Waals surface area (Å²) in [6.07, 6.45) is -0.765. The van der Waals surface area contributed by atoms with Crippen LogP contribution in [0.2, 0.25) is 0 Å². The Morgan fingerprint density at radius 1 is 0.591 bits per heavy atom. The lowest BCUT2D eigenvalue weighted by Gasteiger charge is -2.30. The molecular formula is C30H44N6O8. The first kappa shape index (κ1) is 34.7. The fourth-order valence-corrected chi connectivity index (χ4v) is 4.50. The van der Waals surface area contributed by atoms with Crippen LogP contribution in [-0.4, -0.2) is 124 Å². The van der Waals surface area contributed by atoms with Crippen LogP contribution in [0.3, 0.4) is 0 Å². The fourth-order valence-electron chi connectivity index (χ4n) is 4.50. The topological polar surface area (TPSA) is 188 Å². The van der Waals surface area contributed by atoms with E-state index in [1.54, 1.807) is 33.8 Å². The highest BCUT2D eigenvalue weighted by Crippen LogP contribution is 2.27. The van der Waals surface area contributed by atoms with Crippen LogP contribution in [0.15, 0.2) is 48.5 Å². The number of rotatable bonds is 21. The number of hydrogen-bond acceptors (Lipinski definition) is 14. The highest BCUT2D eigenvalue weighted by molar-refractivity contribution is 5.49. The van der Waals surface area contributed by atoms with Crippen molar-refractivity contribution in [2.45, 2.75) is 26.1 Å². The second-order valence-electron chi connectivity index (χ2n) is 9.90. The largest absolute Gasteiger partial charge is 0.491 e. The molecule has 14 nitrogen and oxygen atoms in total. The van der Waals surface area contributed by atoms with Gasteiger partial charge in [-0.2, -0.15) is 15.0 Å². The van der Waals surface area contributed by atoms with Crippen molar-refractivity contribution in [1.29, 1.82) is 0 Å². The highest BCUT2D eigenvalue weighted by atomic mass is 16.5. The lowest BCUT2D eigenvalue weighted by atomic mass is 10.2. The molecule has 3 aromatic rings. The Morgan fingerprint density at radius 2 is 1.00 bits per heavy atom. The first-order valence-electron chi connectivity index (χ1n) is 14.6. The fraction of sp³-hybridized carbons (Fsp3) is 0.500. The molecule has 0 saturated heterocycles. The SMILES string of the molecule is CC(O)CN(Cc1ccccc1OCCO)c1nc(N(CCO)CCO)nc(N(CCO)Cc2ccccc2OCCO)n1. The van der Waals surface area contributed by atoms with E-state index in [9.17, 15) is 30.6 Å². The number of benzene rings is 2. The van der Waals surface area contributed by atoms with Crippen molar-refractivity contribution in [2.24, 2.45) is 0 Å². The van der Waals surface area contributed by atoms with Gasteiger partial charge in [0, 0.05) is 50.4 Å². The monoisotopic (exact) mass is 616 g/mol. The maximum absolute atomic E-state index is 10.4. The zero-order valence-corrected chi connectivity index (χ0v) is 25.1. The van der Waals surface area contributed by atoms with Crippen molar-refractivity contribution >= 4 is 17.8 Å². The second-order valence-corrected chi connectivity index (χ2v) is 9.90. The number of aliphatic hydroxyl groups excluding tert-OH is 6. The number of nitrogens with zero attached hydrogens (tertiary/aromatic N) is 6. The third kappa shape index (κ3) is 10.4. The van der Waals surface area contributed by atoms with Crippen molar-refractivity contribution in [2.75, 3.05) is 87.1 Å². The molecular weight excluding hydrogens is 572 g/mol. The summed E-state index contributed by atoms with van der Waals surface area (Å²) in [6, 6.07) is 14.7. The van der Waals surface area contributed by atoms with Gasteiger partial charge in [0.15, 0.2) is 0 Å². The number of para-hydroxylation sites is 2. The number of hydrogen-bond donors (Lipinski definition) is 6. The Morgan fingerprint density at radius 3 is 1.45 bits per heavy atom. The molecule has 0 amide bonds. The number of anilines is 3. The van der Waals surface area contributed by atoms with Gasteiger partial charge < -0.3 is 54.8 Å². The summed E-state index contributed by atoms with van der Waals surface area (Å²) < 4.78 is 11.5. The van der Waals surface area contributed by atoms with Crippen LogP contribution in [0.4, 0.5) is 17.8 Å². The molecule has 0 radical (unpaired) electrons. The van der Waals surface area contributed by atoms with Gasteiger partial charge in [0.25, 0.3) is 0 Å². The smallest absolute Gasteiger partial charge is 0.232 e. The Kier molecular flexibility index (Phi) is 14.8. The maximum Gasteiger partial charge on any atom is 0.232 e. The molecule has 0 fully saturated rings. The van der Waals surface area contributed by atoms with Crippen LogP contribution in [0, 0.1) is 0 Å². The molecule has 44 heavy (non-hydrogen) atoms. The Hall–Kier alpha value is -3.79. The van der Waals surface area contributed by atoms with E-state index in [4.69, 9.17) is 19.4 Å². The molecule has 2 aromatic carbocycles. The average molecular weight is 617 g/mol. The molecule has 1 heterocycles. The molecule has 3 rings (SSSR count). The van der Waals surface area contributed by atoms with Gasteiger partial charge in [-0.05, 0) is 19.1 Å². The number of ether oxygens (including phenoxy) is 2. The van der Waals surface area contributed by atoms with Crippen LogP contribution < -0.4 is 24.2 Å². The molecule has 1 atom stereocenters. The van der Waals surface area contributed by atoms with Gasteiger partial charge in [0.2, 0.25) is 17.8 Å². The zero-order chi connectivity index (χ0) is 31.7. The van der Waals surface area contributed by atoms with Gasteiger partial charge in [-0.15, -0.1) is 0 Å². The predicted octanol–water partition coefficient (Wildman–Crippen LogP) is -0.209. The van der Waals surface area contributed by atoms with Crippen LogP contribution in [0.5, 0.6) is 11.5 Å². The van der Waals surface area contributed by atoms with E-state index < -0.39 is 6.10 Å². The van der Waals surface area contributed by atoms with Crippen molar-refractivity contribution in [3.05, 3.63) is 59.7 Å². The molecule has 242 valence electrons. The summed E-state index contributed by atoms with van der Waals surface area (Å²) in [5, 5.41) is 58.5. The summed E-state index contributed by atoms with van der Waals surface area (Å²) in [6.45, 7) is 2.06. The molecule has 6 N–H and O–H groups in total. The van der Waals surface area contributed by atoms with Crippen LogP contribution >= 0.6 is 0 Å². The molecule has 1 aromatic heterocycles. The third-order valence-corrected chi connectivity index (χ3v) is 6.41. The van der Waals surface area contributed by atoms with E-state index in [0.29, 0.717) is 11.5 Å². The van der Waals surface area contributed by atoms with Crippen LogP contribution in [0.1, 0.15) is 18.1 Å². The van der Waals surface area contributed by atoms with Gasteiger partial charge in [-0.3, -0.25) is 0 Å². The second kappa shape index (κ2) is 18.8. The molecule has 0 saturated carbocycles. The number of aromatic nitrogens is 3. The third-order valence-electron chi connectivity index (χ3n) is 6.41. The van der Waals surface area contributed by atoms with Crippen molar-refractivity contribution in [3.63, 3.8) is 0 Å². The predicted molar refractivity (Wildman–Crippen MR) is 165 cm³/mol. The van der Waals surface area contributed by atoms with E-state index >= 15 is 0 Å². The first-order chi connectivity index (χ1) is 21.4. The lowest BCUT2D eigenvalue weighted by molar-refractivity contribution is 0.196. The number of aliphatic hydroxyl groups is 6. The van der Waals surface area contributed by atoms with Gasteiger partial charge in [0.05, 0.1) is 39.1 Å². The molecule has 14 heteroatoms. The van der Waals surface area contributed by atoms with Crippen LogP contribution in [-0.2, 0) is 13.1 Å². The highest BCUT2D eigenvalue weighted by Gasteiger charge is 2.23. The minimum Gasteiger partial charge on any atom is -0.491 e. The minimum absolute atomic E-state index is 0.115. The van der Waals surface area contributed by atoms with Crippen molar-refractivity contribution in [3.8, 4) is 11.5 Å². The maximum atomic E-state index is 10.4. The Bertz CT molecular complexity index is 1250. The molecule has 0 aliphatic heterocycles. The van der Waals surface area contributed by atoms with Gasteiger partial charge >= 0.3 is 0 Å². The standard InChI is InChI=1S/C30H44N6O8/c1-23(42)20-36(22-25-7-3-5-9-27(25)44-19-17-41)30-32-28(34(10-13-37)11-14-38)31-29(33-30)35(12-15-39)21-24-6-2-4-8-26(24)43-18-16-40/h2-9,23,37-42H,10-22H2,1H3. The normalized spacial score (nSPS) is 11.7. The molecule has 0 spiro atoms. The Labute approximate surface area is 257 Å². The van der Waals surface area contributed by atoms with Gasteiger partial charge in [-0.25, -0.2) is 0 Å². The van der Waals surface area contributed by atoms with E-state index in [1.807, 2.05) is 36.4 Å². The zero-order valence-electron chi connectivity index (χ0n) is 25.1. The van der Waals surface area contributed by atoms with E-state index in [2.05, 4.69) is 4.98 Å². The average Bonchev–Trinajstić information content (AvgIpc) is 3.03. The van der Waals surface area contributed by atoms with Gasteiger partial charge in [0.1, 0.15) is 24.7 Å². The van der Waals surface area contributed by atoms with E-state index in [-0.39, 0.29) is 103 Å². The van der Waals surface area contributed by atoms with E-state index in [0.717, 1.165) is 11.1 Å². The summed E-state index contributed by atoms with van der Waals surface area (Å²) in [5.41, 5.74) is 1.55. The molecule has 0 aliphatic carbocycles. The summed E-state index contributed by atoms with van der Waals surface area (Å²) >= 11 is 0. The quantitative estimate of drug-likeness (QED) is 0.0922.